The summed E-state index contributed by atoms with van der Waals surface area (Å²) in [5, 5.41) is 0. The van der Waals surface area contributed by atoms with E-state index in [0.29, 0.717) is 5.69 Å². The second-order valence-corrected chi connectivity index (χ2v) is 4.77. The number of hydrogen-bond donors (Lipinski definition) is 1. The molecule has 0 atom stereocenters. The molecule has 0 unspecified atom stereocenters. The molecule has 3 heteroatoms. The first-order chi connectivity index (χ1) is 10.8. The summed E-state index contributed by atoms with van der Waals surface area (Å²) in [6, 6.07) is 20.8. The molecule has 0 saturated heterocycles. The number of hydrogen-bond acceptors (Lipinski definition) is 2. The van der Waals surface area contributed by atoms with Crippen LogP contribution in [0, 0.1) is 0 Å². The highest BCUT2D eigenvalue weighted by Crippen LogP contribution is 2.22. The first-order valence-corrected chi connectivity index (χ1v) is 7.00. The molecule has 0 spiro atoms. The third kappa shape index (κ3) is 3.52. The van der Waals surface area contributed by atoms with Gasteiger partial charge in [0.1, 0.15) is 11.5 Å². The minimum Gasteiger partial charge on any atom is -0.457 e. The van der Waals surface area contributed by atoms with E-state index in [0.717, 1.165) is 17.1 Å². The van der Waals surface area contributed by atoms with Crippen molar-refractivity contribution >= 4 is 11.9 Å². The van der Waals surface area contributed by atoms with Crippen molar-refractivity contribution in [3.05, 3.63) is 90.3 Å². The van der Waals surface area contributed by atoms with Crippen molar-refractivity contribution in [3.63, 3.8) is 0 Å². The van der Waals surface area contributed by atoms with Gasteiger partial charge in [0.25, 0.3) is 0 Å². The highest BCUT2D eigenvalue weighted by atomic mass is 16.5. The van der Waals surface area contributed by atoms with Crippen molar-refractivity contribution in [3.8, 4) is 11.5 Å². The fraction of sp³-hybridized carbons (Fsp3) is 0. The minimum atomic E-state index is -0.0561. The summed E-state index contributed by atoms with van der Waals surface area (Å²) in [6.45, 7) is 0. The predicted octanol–water partition coefficient (Wildman–Crippen LogP) is 4.70. The predicted molar refractivity (Wildman–Crippen MR) is 87.1 cm³/mol. The van der Waals surface area contributed by atoms with Crippen LogP contribution in [0.2, 0.25) is 0 Å². The van der Waals surface area contributed by atoms with Gasteiger partial charge < -0.3 is 9.72 Å². The number of para-hydroxylation sites is 1. The Morgan fingerprint density at radius 3 is 2.50 bits per heavy atom. The molecule has 0 aliphatic heterocycles. The van der Waals surface area contributed by atoms with E-state index in [2.05, 4.69) is 4.98 Å². The van der Waals surface area contributed by atoms with Crippen LogP contribution in [0.15, 0.2) is 79.0 Å². The van der Waals surface area contributed by atoms with E-state index in [1.807, 2.05) is 54.6 Å². The summed E-state index contributed by atoms with van der Waals surface area (Å²) < 4.78 is 5.77. The number of allylic oxidation sites excluding steroid dienone is 1. The highest BCUT2D eigenvalue weighted by Gasteiger charge is 2.01. The number of rotatable bonds is 5. The summed E-state index contributed by atoms with van der Waals surface area (Å²) >= 11 is 0. The van der Waals surface area contributed by atoms with Gasteiger partial charge in [-0.05, 0) is 48.0 Å². The van der Waals surface area contributed by atoms with Crippen LogP contribution in [-0.4, -0.2) is 10.8 Å². The van der Waals surface area contributed by atoms with Gasteiger partial charge >= 0.3 is 0 Å². The minimum absolute atomic E-state index is 0.0561. The van der Waals surface area contributed by atoms with Crippen molar-refractivity contribution in [2.45, 2.75) is 0 Å². The summed E-state index contributed by atoms with van der Waals surface area (Å²) in [4.78, 5) is 14.8. The summed E-state index contributed by atoms with van der Waals surface area (Å²) in [5.74, 6) is 1.46. The van der Waals surface area contributed by atoms with Crippen molar-refractivity contribution in [1.82, 2.24) is 4.98 Å². The van der Waals surface area contributed by atoms with E-state index in [1.165, 1.54) is 0 Å². The maximum absolute atomic E-state index is 11.9. The third-order valence-corrected chi connectivity index (χ3v) is 3.13. The van der Waals surface area contributed by atoms with Crippen LogP contribution < -0.4 is 4.74 Å². The van der Waals surface area contributed by atoms with Crippen molar-refractivity contribution < 1.29 is 9.53 Å². The van der Waals surface area contributed by atoms with E-state index in [-0.39, 0.29) is 5.78 Å². The molecule has 0 aliphatic rings. The number of ether oxygens (including phenoxy) is 1. The quantitative estimate of drug-likeness (QED) is 0.546. The van der Waals surface area contributed by atoms with Gasteiger partial charge in [0.15, 0.2) is 0 Å². The zero-order chi connectivity index (χ0) is 15.2. The molecule has 3 nitrogen and oxygen atoms in total. The maximum atomic E-state index is 11.9. The van der Waals surface area contributed by atoms with E-state index >= 15 is 0 Å². The first-order valence-electron chi connectivity index (χ1n) is 7.00. The van der Waals surface area contributed by atoms with Crippen LogP contribution in [0.5, 0.6) is 11.5 Å². The molecule has 0 aliphatic carbocycles. The Morgan fingerprint density at radius 1 is 0.909 bits per heavy atom. The number of benzene rings is 2. The molecule has 3 rings (SSSR count). The van der Waals surface area contributed by atoms with E-state index in [9.17, 15) is 4.79 Å². The van der Waals surface area contributed by atoms with Gasteiger partial charge in [-0.25, -0.2) is 0 Å². The lowest BCUT2D eigenvalue weighted by atomic mass is 10.1. The molecule has 0 fully saturated rings. The molecule has 1 aromatic heterocycles. The SMILES string of the molecule is O=C(C=Cc1cccc(Oc2ccccc2)c1)c1ccc[nH]1. The van der Waals surface area contributed by atoms with Crippen molar-refractivity contribution in [2.75, 3.05) is 0 Å². The van der Waals surface area contributed by atoms with Gasteiger partial charge in [0, 0.05) is 6.20 Å². The zero-order valence-corrected chi connectivity index (χ0v) is 11.9. The Hall–Kier alpha value is -3.07. The molecule has 108 valence electrons. The number of aromatic amines is 1. The average Bonchev–Trinajstić information content (AvgIpc) is 3.08. The molecule has 3 aromatic rings. The van der Waals surface area contributed by atoms with Crippen LogP contribution in [0.4, 0.5) is 0 Å². The maximum Gasteiger partial charge on any atom is 0.201 e. The van der Waals surface area contributed by atoms with Crippen molar-refractivity contribution in [2.24, 2.45) is 0 Å². The number of H-pyrrole nitrogens is 1. The van der Waals surface area contributed by atoms with Crippen LogP contribution in [0.1, 0.15) is 16.1 Å². The van der Waals surface area contributed by atoms with Crippen LogP contribution in [0.25, 0.3) is 6.08 Å². The number of carbonyl (C=O) groups is 1. The van der Waals surface area contributed by atoms with Crippen molar-refractivity contribution in [1.29, 1.82) is 0 Å². The highest BCUT2D eigenvalue weighted by molar-refractivity contribution is 6.05. The molecule has 0 radical (unpaired) electrons. The second kappa shape index (κ2) is 6.59. The van der Waals surface area contributed by atoms with Gasteiger partial charge in [-0.2, -0.15) is 0 Å². The monoisotopic (exact) mass is 289 g/mol. The van der Waals surface area contributed by atoms with E-state index < -0.39 is 0 Å². The van der Waals surface area contributed by atoms with E-state index in [1.54, 1.807) is 30.5 Å². The smallest absolute Gasteiger partial charge is 0.201 e. The van der Waals surface area contributed by atoms with Crippen LogP contribution >= 0.6 is 0 Å². The first kappa shape index (κ1) is 13.9. The molecule has 2 aromatic carbocycles. The van der Waals surface area contributed by atoms with Gasteiger partial charge in [-0.3, -0.25) is 4.79 Å². The Morgan fingerprint density at radius 2 is 1.73 bits per heavy atom. The Bertz CT molecular complexity index is 774. The molecule has 0 saturated carbocycles. The fourth-order valence-corrected chi connectivity index (χ4v) is 2.05. The number of nitrogens with one attached hydrogen (secondary N) is 1. The van der Waals surface area contributed by atoms with Gasteiger partial charge in [-0.1, -0.05) is 36.4 Å². The Balaban J connectivity index is 1.73. The Labute approximate surface area is 128 Å². The average molecular weight is 289 g/mol. The molecular formula is C19H15NO2. The van der Waals surface area contributed by atoms with Crippen LogP contribution in [-0.2, 0) is 0 Å². The molecule has 0 bridgehead atoms. The number of carbonyl (C=O) groups excluding carboxylic acids is 1. The molecule has 1 heterocycles. The lowest BCUT2D eigenvalue weighted by Gasteiger charge is -2.05. The zero-order valence-electron chi connectivity index (χ0n) is 11.9. The van der Waals surface area contributed by atoms with Gasteiger partial charge in [0.2, 0.25) is 5.78 Å². The molecule has 1 N–H and O–H groups in total. The molecule has 22 heavy (non-hydrogen) atoms. The van der Waals surface area contributed by atoms with E-state index in [4.69, 9.17) is 4.74 Å². The summed E-state index contributed by atoms with van der Waals surface area (Å²) in [5.41, 5.74) is 1.49. The fourth-order valence-electron chi connectivity index (χ4n) is 2.05. The standard InChI is InChI=1S/C19H15NO2/c21-19(18-10-5-13-20-18)12-11-15-6-4-9-17(14-15)22-16-7-2-1-3-8-16/h1-14,20H. The number of ketones is 1. The van der Waals surface area contributed by atoms with Crippen LogP contribution in [0.3, 0.4) is 0 Å². The molecular weight excluding hydrogens is 274 g/mol. The van der Waals surface area contributed by atoms with Gasteiger partial charge in [-0.15, -0.1) is 0 Å². The lowest BCUT2D eigenvalue weighted by Crippen LogP contribution is -1.93. The summed E-state index contributed by atoms with van der Waals surface area (Å²) in [6.07, 6.45) is 5.06. The third-order valence-electron chi connectivity index (χ3n) is 3.13. The number of aromatic nitrogens is 1. The van der Waals surface area contributed by atoms with Gasteiger partial charge in [0.05, 0.1) is 5.69 Å². The largest absolute Gasteiger partial charge is 0.457 e. The topological polar surface area (TPSA) is 42.1 Å². The Kier molecular flexibility index (Phi) is 4.16. The normalized spacial score (nSPS) is 10.7. The molecule has 0 amide bonds. The second-order valence-electron chi connectivity index (χ2n) is 4.77. The summed E-state index contributed by atoms with van der Waals surface area (Å²) in [7, 11) is 0. The lowest BCUT2D eigenvalue weighted by molar-refractivity contribution is 0.104.